The lowest BCUT2D eigenvalue weighted by atomic mass is 9.96. The Balaban J connectivity index is 1.69. The SMILES string of the molecule is CC1=[N+]2CCC[N+]3=C(C)C=C(c4c(C)cc(C)cc4C)OC23OC(c2c(C)cc(C)cc2C)=C1. The van der Waals surface area contributed by atoms with Crippen molar-refractivity contribution in [3.05, 3.63) is 80.9 Å². The Morgan fingerprint density at radius 2 is 0.941 bits per heavy atom. The molecule has 2 aromatic carbocycles. The van der Waals surface area contributed by atoms with E-state index in [4.69, 9.17) is 9.47 Å². The molecular formula is C30H36N2O2+2. The summed E-state index contributed by atoms with van der Waals surface area (Å²) in [6, 6.07) is 7.90. The quantitative estimate of drug-likeness (QED) is 0.522. The number of ether oxygens (including phenoxy) is 2. The number of aryl methyl sites for hydroxylation is 6. The molecular weight excluding hydrogens is 420 g/mol. The van der Waals surface area contributed by atoms with Gasteiger partial charge in [0.2, 0.25) is 0 Å². The standard InChI is InChI=1S/C30H36N2O2/c1-18-12-20(3)28(21(4)13-18)26-16-24(7)31-10-9-11-32-25(8)17-27(34-30(31,32)33-26)29-22(5)14-19(2)15-23(29)6/h12-17H,9-11H2,1-8H3/q+2. The molecule has 3 heterocycles. The van der Waals surface area contributed by atoms with Gasteiger partial charge in [-0.05, 0) is 63.8 Å². The van der Waals surface area contributed by atoms with Crippen molar-refractivity contribution < 1.29 is 18.6 Å². The highest BCUT2D eigenvalue weighted by Crippen LogP contribution is 2.41. The van der Waals surface area contributed by atoms with Crippen LogP contribution in [0.4, 0.5) is 0 Å². The Bertz CT molecular complexity index is 1200. The molecule has 0 bridgehead atoms. The van der Waals surface area contributed by atoms with Gasteiger partial charge >= 0.3 is 6.03 Å². The van der Waals surface area contributed by atoms with E-state index >= 15 is 0 Å². The second-order valence-corrected chi connectivity index (χ2v) is 10.3. The summed E-state index contributed by atoms with van der Waals surface area (Å²) in [6.45, 7) is 19.1. The van der Waals surface area contributed by atoms with Crippen LogP contribution in [0.3, 0.4) is 0 Å². The molecule has 3 aliphatic rings. The highest BCUT2D eigenvalue weighted by Gasteiger charge is 2.67. The van der Waals surface area contributed by atoms with Gasteiger partial charge in [0.05, 0.1) is 6.42 Å². The van der Waals surface area contributed by atoms with E-state index in [0.29, 0.717) is 0 Å². The maximum atomic E-state index is 6.97. The fourth-order valence-electron chi connectivity index (χ4n) is 6.12. The smallest absolute Gasteiger partial charge is 0.341 e. The topological polar surface area (TPSA) is 24.5 Å². The van der Waals surface area contributed by atoms with Crippen molar-refractivity contribution in [2.24, 2.45) is 0 Å². The highest BCUT2D eigenvalue weighted by molar-refractivity contribution is 5.98. The third-order valence-electron chi connectivity index (χ3n) is 7.31. The highest BCUT2D eigenvalue weighted by atomic mass is 16.7. The second kappa shape index (κ2) is 7.97. The number of benzene rings is 2. The van der Waals surface area contributed by atoms with Crippen LogP contribution in [0.5, 0.6) is 0 Å². The Morgan fingerprint density at radius 3 is 1.29 bits per heavy atom. The molecule has 0 radical (unpaired) electrons. The van der Waals surface area contributed by atoms with Gasteiger partial charge in [-0.1, -0.05) is 44.5 Å². The summed E-state index contributed by atoms with van der Waals surface area (Å²) in [5, 5.41) is 0. The molecule has 0 amide bonds. The van der Waals surface area contributed by atoms with Gasteiger partial charge in [-0.25, -0.2) is 0 Å². The Hall–Kier alpha value is -3.14. The average molecular weight is 457 g/mol. The van der Waals surface area contributed by atoms with Crippen LogP contribution in [0, 0.1) is 41.5 Å². The van der Waals surface area contributed by atoms with Crippen molar-refractivity contribution in [1.82, 2.24) is 0 Å². The Kier molecular flexibility index (Phi) is 5.31. The van der Waals surface area contributed by atoms with Crippen LogP contribution in [0.15, 0.2) is 36.4 Å². The lowest BCUT2D eigenvalue weighted by Crippen LogP contribution is -2.64. The summed E-state index contributed by atoms with van der Waals surface area (Å²) in [4.78, 5) is 0. The van der Waals surface area contributed by atoms with E-state index in [1.54, 1.807) is 0 Å². The normalized spacial score (nSPS) is 19.1. The lowest BCUT2D eigenvalue weighted by molar-refractivity contribution is -0.935. The van der Waals surface area contributed by atoms with Crippen LogP contribution < -0.4 is 0 Å². The van der Waals surface area contributed by atoms with Crippen LogP contribution in [0.1, 0.15) is 64.8 Å². The van der Waals surface area contributed by atoms with Crippen LogP contribution in [-0.4, -0.2) is 39.7 Å². The first-order valence-electron chi connectivity index (χ1n) is 12.3. The molecule has 3 aliphatic heterocycles. The maximum Gasteiger partial charge on any atom is 0.704 e. The monoisotopic (exact) mass is 456 g/mol. The van der Waals surface area contributed by atoms with E-state index in [0.717, 1.165) is 53.6 Å². The van der Waals surface area contributed by atoms with Crippen LogP contribution in [0.2, 0.25) is 0 Å². The fraction of sp³-hybridized carbons (Fsp3) is 0.400. The Morgan fingerprint density at radius 1 is 0.588 bits per heavy atom. The van der Waals surface area contributed by atoms with Gasteiger partial charge in [0, 0.05) is 37.1 Å². The van der Waals surface area contributed by atoms with Crippen molar-refractivity contribution in [3.63, 3.8) is 0 Å². The van der Waals surface area contributed by atoms with Crippen LogP contribution in [0.25, 0.3) is 11.5 Å². The molecule has 1 saturated heterocycles. The molecule has 1 spiro atoms. The second-order valence-electron chi connectivity index (χ2n) is 10.3. The zero-order chi connectivity index (χ0) is 24.4. The lowest BCUT2D eigenvalue weighted by Gasteiger charge is -2.36. The molecule has 0 atom stereocenters. The summed E-state index contributed by atoms with van der Waals surface area (Å²) in [5.41, 5.74) is 12.1. The van der Waals surface area contributed by atoms with E-state index in [9.17, 15) is 0 Å². The molecule has 5 rings (SSSR count). The molecule has 0 unspecified atom stereocenters. The fourth-order valence-corrected chi connectivity index (χ4v) is 6.12. The molecule has 0 saturated carbocycles. The maximum absolute atomic E-state index is 6.97. The summed E-state index contributed by atoms with van der Waals surface area (Å²) in [5.74, 6) is 1.75. The number of allylic oxidation sites excluding steroid dienone is 2. The number of rotatable bonds is 2. The van der Waals surface area contributed by atoms with Gasteiger partial charge in [-0.15, -0.1) is 0 Å². The van der Waals surface area contributed by atoms with E-state index in [-0.39, 0.29) is 0 Å². The molecule has 1 fully saturated rings. The number of hydrogen-bond acceptors (Lipinski definition) is 2. The number of hydrogen-bond donors (Lipinski definition) is 0. The van der Waals surface area contributed by atoms with Crippen LogP contribution in [-0.2, 0) is 9.47 Å². The van der Waals surface area contributed by atoms with Crippen molar-refractivity contribution in [2.75, 3.05) is 13.1 Å². The van der Waals surface area contributed by atoms with Crippen molar-refractivity contribution >= 4 is 22.9 Å². The zero-order valence-electron chi connectivity index (χ0n) is 21.8. The third kappa shape index (κ3) is 3.43. The molecule has 0 aliphatic carbocycles. The summed E-state index contributed by atoms with van der Waals surface area (Å²) < 4.78 is 18.5. The largest absolute Gasteiger partial charge is 0.704 e. The molecule has 34 heavy (non-hydrogen) atoms. The van der Waals surface area contributed by atoms with Gasteiger partial charge in [0.15, 0.2) is 36.0 Å². The van der Waals surface area contributed by atoms with Gasteiger partial charge in [-0.3, -0.25) is 0 Å². The van der Waals surface area contributed by atoms with E-state index in [1.165, 1.54) is 33.4 Å². The van der Waals surface area contributed by atoms with Crippen LogP contribution >= 0.6 is 0 Å². The summed E-state index contributed by atoms with van der Waals surface area (Å²) in [7, 11) is 0. The van der Waals surface area contributed by atoms with E-state index < -0.39 is 6.03 Å². The molecule has 4 heteroatoms. The van der Waals surface area contributed by atoms with Crippen molar-refractivity contribution in [2.45, 2.75) is 67.8 Å². The predicted molar refractivity (Wildman–Crippen MR) is 138 cm³/mol. The molecule has 0 aromatic heterocycles. The minimum atomic E-state index is -1.02. The van der Waals surface area contributed by atoms with E-state index in [2.05, 4.69) is 101 Å². The molecule has 0 N–H and O–H groups in total. The minimum Gasteiger partial charge on any atom is -0.341 e. The summed E-state index contributed by atoms with van der Waals surface area (Å²) in [6.07, 6.45) is 5.41. The summed E-state index contributed by atoms with van der Waals surface area (Å²) >= 11 is 0. The number of nitrogens with zero attached hydrogens (tertiary/aromatic N) is 2. The Labute approximate surface area is 203 Å². The first-order chi connectivity index (χ1) is 16.1. The van der Waals surface area contributed by atoms with Gasteiger partial charge in [0.25, 0.3) is 0 Å². The van der Waals surface area contributed by atoms with Gasteiger partial charge < -0.3 is 9.47 Å². The van der Waals surface area contributed by atoms with Gasteiger partial charge in [-0.2, -0.15) is 0 Å². The van der Waals surface area contributed by atoms with Crippen molar-refractivity contribution in [3.8, 4) is 0 Å². The first kappa shape index (κ1) is 22.6. The molecule has 4 nitrogen and oxygen atoms in total. The van der Waals surface area contributed by atoms with Gasteiger partial charge in [0.1, 0.15) is 0 Å². The van der Waals surface area contributed by atoms with Crippen molar-refractivity contribution in [1.29, 1.82) is 0 Å². The minimum absolute atomic E-state index is 0.877. The molecule has 176 valence electrons. The third-order valence-corrected chi connectivity index (χ3v) is 7.31. The predicted octanol–water partition coefficient (Wildman–Crippen LogP) is 5.94. The average Bonchev–Trinajstić information content (AvgIpc) is 2.71. The van der Waals surface area contributed by atoms with E-state index in [1.807, 2.05) is 0 Å². The zero-order valence-corrected chi connectivity index (χ0v) is 21.8. The molecule has 2 aromatic rings. The first-order valence-corrected chi connectivity index (χ1v) is 12.3.